The van der Waals surface area contributed by atoms with Crippen LogP contribution in [0.4, 0.5) is 0 Å². The minimum atomic E-state index is -3.75. The first-order chi connectivity index (χ1) is 9.79. The van der Waals surface area contributed by atoms with Gasteiger partial charge in [-0.15, -0.1) is 0 Å². The third kappa shape index (κ3) is 3.94. The van der Waals surface area contributed by atoms with E-state index in [9.17, 15) is 13.2 Å². The first-order valence-electron chi connectivity index (χ1n) is 6.53. The fraction of sp³-hybridized carbons (Fsp3) is 0.462. The molecule has 0 bridgehead atoms. The van der Waals surface area contributed by atoms with Crippen molar-refractivity contribution in [3.63, 3.8) is 0 Å². The van der Waals surface area contributed by atoms with E-state index in [0.717, 1.165) is 25.5 Å². The summed E-state index contributed by atoms with van der Waals surface area (Å²) >= 11 is 5.75. The Morgan fingerprint density at radius 2 is 2.19 bits per heavy atom. The third-order valence-corrected chi connectivity index (χ3v) is 5.27. The Bertz CT molecular complexity index is 648. The highest BCUT2D eigenvalue weighted by atomic mass is 35.5. The monoisotopic (exact) mass is 332 g/mol. The van der Waals surface area contributed by atoms with Crippen LogP contribution in [-0.2, 0) is 10.0 Å². The van der Waals surface area contributed by atoms with E-state index < -0.39 is 16.0 Å². The lowest BCUT2D eigenvalue weighted by Gasteiger charge is -2.30. The molecule has 6 nitrogen and oxygen atoms in total. The van der Waals surface area contributed by atoms with Crippen molar-refractivity contribution in [2.24, 2.45) is 0 Å². The van der Waals surface area contributed by atoms with Crippen LogP contribution >= 0.6 is 11.6 Å². The van der Waals surface area contributed by atoms with Crippen molar-refractivity contribution < 1.29 is 18.3 Å². The van der Waals surface area contributed by atoms with Gasteiger partial charge >= 0.3 is 5.97 Å². The summed E-state index contributed by atoms with van der Waals surface area (Å²) in [7, 11) is -1.82. The van der Waals surface area contributed by atoms with Gasteiger partial charge in [-0.3, -0.25) is 0 Å². The number of likely N-dealkylation sites (tertiary alicyclic amines) is 1. The second kappa shape index (κ2) is 6.31. The highest BCUT2D eigenvalue weighted by Crippen LogP contribution is 2.21. The Labute approximate surface area is 128 Å². The predicted molar refractivity (Wildman–Crippen MR) is 79.3 cm³/mol. The summed E-state index contributed by atoms with van der Waals surface area (Å²) in [6.45, 7) is 1.58. The van der Waals surface area contributed by atoms with Gasteiger partial charge in [-0.1, -0.05) is 11.6 Å². The molecular formula is C13H17ClN2O4S. The van der Waals surface area contributed by atoms with Gasteiger partial charge in [-0.2, -0.15) is 0 Å². The molecule has 0 aliphatic carbocycles. The number of sulfonamides is 1. The highest BCUT2D eigenvalue weighted by Gasteiger charge is 2.25. The number of rotatable bonds is 4. The molecule has 21 heavy (non-hydrogen) atoms. The zero-order valence-electron chi connectivity index (χ0n) is 11.5. The normalized spacial score (nSPS) is 20.4. The van der Waals surface area contributed by atoms with Crippen LogP contribution in [0.1, 0.15) is 23.2 Å². The molecule has 1 aliphatic rings. The van der Waals surface area contributed by atoms with E-state index in [2.05, 4.69) is 9.62 Å². The van der Waals surface area contributed by atoms with Crippen molar-refractivity contribution in [3.8, 4) is 0 Å². The van der Waals surface area contributed by atoms with Crippen molar-refractivity contribution in [3.05, 3.63) is 28.8 Å². The van der Waals surface area contributed by atoms with E-state index in [4.69, 9.17) is 16.7 Å². The summed E-state index contributed by atoms with van der Waals surface area (Å²) in [6, 6.07) is 3.51. The Kier molecular flexibility index (Phi) is 4.88. The van der Waals surface area contributed by atoms with Crippen LogP contribution in [0.5, 0.6) is 0 Å². The standard InChI is InChI=1S/C13H17ClN2O4S/c1-16-6-2-3-9(8-16)15-21(19,20)10-4-5-12(14)11(7-10)13(17)18/h4-5,7,9,15H,2-3,6,8H2,1H3,(H,17,18). The summed E-state index contributed by atoms with van der Waals surface area (Å²) in [4.78, 5) is 13.0. The Balaban J connectivity index is 2.23. The lowest BCUT2D eigenvalue weighted by molar-refractivity contribution is 0.0697. The number of nitrogens with one attached hydrogen (secondary N) is 1. The van der Waals surface area contributed by atoms with Gasteiger partial charge in [0.25, 0.3) is 0 Å². The SMILES string of the molecule is CN1CCCC(NS(=O)(=O)c2ccc(Cl)c(C(=O)O)c2)C1. The number of likely N-dealkylation sites (N-methyl/N-ethyl adjacent to an activating group) is 1. The number of benzene rings is 1. The van der Waals surface area contributed by atoms with Gasteiger partial charge in [0.1, 0.15) is 0 Å². The van der Waals surface area contributed by atoms with Crippen molar-refractivity contribution >= 4 is 27.6 Å². The van der Waals surface area contributed by atoms with Crippen LogP contribution in [0, 0.1) is 0 Å². The van der Waals surface area contributed by atoms with Crippen molar-refractivity contribution in [1.29, 1.82) is 0 Å². The average Bonchev–Trinajstić information content (AvgIpc) is 2.38. The van der Waals surface area contributed by atoms with Crippen molar-refractivity contribution in [2.75, 3.05) is 20.1 Å². The van der Waals surface area contributed by atoms with E-state index in [1.165, 1.54) is 12.1 Å². The number of carboxylic acid groups (broad SMARTS) is 1. The molecule has 1 fully saturated rings. The molecule has 1 heterocycles. The lowest BCUT2D eigenvalue weighted by atomic mass is 10.1. The first-order valence-corrected chi connectivity index (χ1v) is 8.39. The van der Waals surface area contributed by atoms with E-state index in [1.807, 2.05) is 7.05 Å². The van der Waals surface area contributed by atoms with E-state index in [1.54, 1.807) is 0 Å². The predicted octanol–water partition coefficient (Wildman–Crippen LogP) is 1.41. The van der Waals surface area contributed by atoms with Gasteiger partial charge in [-0.25, -0.2) is 17.9 Å². The van der Waals surface area contributed by atoms with Gasteiger partial charge in [0.05, 0.1) is 15.5 Å². The molecule has 0 saturated carbocycles. The van der Waals surface area contributed by atoms with Crippen LogP contribution in [0.2, 0.25) is 5.02 Å². The molecule has 0 spiro atoms. The molecule has 1 saturated heterocycles. The molecule has 116 valence electrons. The average molecular weight is 333 g/mol. The van der Waals surface area contributed by atoms with Crippen molar-refractivity contribution in [1.82, 2.24) is 9.62 Å². The molecule has 1 aromatic rings. The maximum Gasteiger partial charge on any atom is 0.337 e. The highest BCUT2D eigenvalue weighted by molar-refractivity contribution is 7.89. The van der Waals surface area contributed by atoms with Gasteiger partial charge < -0.3 is 10.0 Å². The molecule has 2 N–H and O–H groups in total. The Hall–Kier alpha value is -1.15. The zero-order chi connectivity index (χ0) is 15.6. The molecule has 1 aromatic carbocycles. The largest absolute Gasteiger partial charge is 0.478 e. The molecule has 0 radical (unpaired) electrons. The van der Waals surface area contributed by atoms with Crippen LogP contribution in [0.3, 0.4) is 0 Å². The molecule has 0 amide bonds. The van der Waals surface area contributed by atoms with Gasteiger partial charge in [-0.05, 0) is 44.6 Å². The zero-order valence-corrected chi connectivity index (χ0v) is 13.1. The number of piperidine rings is 1. The van der Waals surface area contributed by atoms with E-state index in [-0.39, 0.29) is 21.5 Å². The second-order valence-electron chi connectivity index (χ2n) is 5.17. The summed E-state index contributed by atoms with van der Waals surface area (Å²) in [5.41, 5.74) is -0.222. The van der Waals surface area contributed by atoms with Gasteiger partial charge in [0.2, 0.25) is 10.0 Å². The lowest BCUT2D eigenvalue weighted by Crippen LogP contribution is -2.46. The number of hydrogen-bond acceptors (Lipinski definition) is 4. The maximum atomic E-state index is 12.3. The number of nitrogens with zero attached hydrogens (tertiary/aromatic N) is 1. The molecule has 2 rings (SSSR count). The van der Waals surface area contributed by atoms with Gasteiger partial charge in [0.15, 0.2) is 0 Å². The molecule has 0 aromatic heterocycles. The Morgan fingerprint density at radius 3 is 2.81 bits per heavy atom. The fourth-order valence-electron chi connectivity index (χ4n) is 2.39. The molecule has 1 atom stereocenters. The van der Waals surface area contributed by atoms with Gasteiger partial charge in [0, 0.05) is 12.6 Å². The molecule has 8 heteroatoms. The van der Waals surface area contributed by atoms with E-state index >= 15 is 0 Å². The number of halogens is 1. The topological polar surface area (TPSA) is 86.7 Å². The smallest absolute Gasteiger partial charge is 0.337 e. The minimum absolute atomic E-state index is 0.0128. The second-order valence-corrected chi connectivity index (χ2v) is 7.29. The molecule has 1 unspecified atom stereocenters. The number of hydrogen-bond donors (Lipinski definition) is 2. The number of carbonyl (C=O) groups is 1. The summed E-state index contributed by atoms with van der Waals surface area (Å²) < 4.78 is 27.3. The van der Waals surface area contributed by atoms with Crippen LogP contribution in [0.15, 0.2) is 23.1 Å². The van der Waals surface area contributed by atoms with Crippen LogP contribution in [0.25, 0.3) is 0 Å². The minimum Gasteiger partial charge on any atom is -0.478 e. The maximum absolute atomic E-state index is 12.3. The fourth-order valence-corrected chi connectivity index (χ4v) is 3.87. The summed E-state index contributed by atoms with van der Waals surface area (Å²) in [6.07, 6.45) is 1.69. The molecular weight excluding hydrogens is 316 g/mol. The quantitative estimate of drug-likeness (QED) is 0.870. The first kappa shape index (κ1) is 16.2. The third-order valence-electron chi connectivity index (χ3n) is 3.42. The summed E-state index contributed by atoms with van der Waals surface area (Å²) in [5, 5.41) is 9.02. The molecule has 1 aliphatic heterocycles. The summed E-state index contributed by atoms with van der Waals surface area (Å²) in [5.74, 6) is -1.26. The number of carboxylic acids is 1. The van der Waals surface area contributed by atoms with Crippen LogP contribution in [-0.4, -0.2) is 50.6 Å². The number of aromatic carboxylic acids is 1. The van der Waals surface area contributed by atoms with Crippen molar-refractivity contribution in [2.45, 2.75) is 23.8 Å². The Morgan fingerprint density at radius 1 is 1.48 bits per heavy atom. The van der Waals surface area contributed by atoms with Crippen LogP contribution < -0.4 is 4.72 Å². The van der Waals surface area contributed by atoms with E-state index in [0.29, 0.717) is 6.54 Å².